The number of ether oxygens (including phenoxy) is 1. The molecule has 3 rings (SSSR count). The van der Waals surface area contributed by atoms with Gasteiger partial charge in [0.15, 0.2) is 0 Å². The number of nitrogens with one attached hydrogen (secondary N) is 3. The summed E-state index contributed by atoms with van der Waals surface area (Å²) in [5, 5.41) is 6.22. The minimum atomic E-state index is -0.898. The van der Waals surface area contributed by atoms with Crippen molar-refractivity contribution in [2.24, 2.45) is 0 Å². The van der Waals surface area contributed by atoms with Gasteiger partial charge in [0.1, 0.15) is 11.3 Å². The fraction of sp³-hybridized carbons (Fsp3) is 0.500. The number of amides is 5. The molecule has 2 fully saturated rings. The zero-order valence-electron chi connectivity index (χ0n) is 17.2. The van der Waals surface area contributed by atoms with Crippen LogP contribution >= 0.6 is 0 Å². The van der Waals surface area contributed by atoms with E-state index in [1.54, 1.807) is 31.3 Å². The maximum Gasteiger partial charge on any atom is 0.344 e. The van der Waals surface area contributed by atoms with E-state index in [2.05, 4.69) is 16.1 Å². The van der Waals surface area contributed by atoms with Crippen LogP contribution in [0.1, 0.15) is 32.1 Å². The SMILES string of the molecule is COc1cccc(NC(=O)CN(C)CC(=O)NN2C(=O)NC3(CCCCC3)C2=O)c1. The molecule has 30 heavy (non-hydrogen) atoms. The summed E-state index contributed by atoms with van der Waals surface area (Å²) in [7, 11) is 3.13. The monoisotopic (exact) mass is 417 g/mol. The first kappa shape index (κ1) is 21.6. The molecule has 0 radical (unpaired) electrons. The maximum atomic E-state index is 12.7. The number of urea groups is 1. The van der Waals surface area contributed by atoms with E-state index < -0.39 is 23.4 Å². The number of rotatable bonds is 7. The zero-order chi connectivity index (χ0) is 21.7. The standard InChI is InChI=1S/C20H27N5O5/c1-24(12-16(26)21-14-7-6-8-15(11-14)30-2)13-17(27)23-25-18(28)20(22-19(25)29)9-4-3-5-10-20/h6-8,11H,3-5,9-10,12-13H2,1-2H3,(H,21,26)(H,22,29)(H,23,27). The highest BCUT2D eigenvalue weighted by atomic mass is 16.5. The summed E-state index contributed by atoms with van der Waals surface area (Å²) in [6.45, 7) is -0.204. The van der Waals surface area contributed by atoms with Gasteiger partial charge >= 0.3 is 6.03 Å². The molecule has 1 aliphatic carbocycles. The van der Waals surface area contributed by atoms with Gasteiger partial charge in [-0.2, -0.15) is 5.01 Å². The predicted molar refractivity (Wildman–Crippen MR) is 108 cm³/mol. The maximum absolute atomic E-state index is 12.7. The first-order valence-electron chi connectivity index (χ1n) is 9.91. The van der Waals surface area contributed by atoms with Crippen molar-refractivity contribution < 1.29 is 23.9 Å². The number of carbonyl (C=O) groups excluding carboxylic acids is 4. The van der Waals surface area contributed by atoms with Crippen LogP contribution in [0.15, 0.2) is 24.3 Å². The van der Waals surface area contributed by atoms with Crippen molar-refractivity contribution in [1.29, 1.82) is 0 Å². The van der Waals surface area contributed by atoms with E-state index in [1.807, 2.05) is 0 Å². The van der Waals surface area contributed by atoms with Crippen LogP contribution in [0, 0.1) is 0 Å². The Morgan fingerprint density at radius 3 is 2.57 bits per heavy atom. The van der Waals surface area contributed by atoms with Gasteiger partial charge in [0.25, 0.3) is 11.8 Å². The van der Waals surface area contributed by atoms with Crippen LogP contribution in [0.4, 0.5) is 10.5 Å². The number of benzene rings is 1. The van der Waals surface area contributed by atoms with Gasteiger partial charge in [-0.1, -0.05) is 25.3 Å². The molecule has 162 valence electrons. The summed E-state index contributed by atoms with van der Waals surface area (Å²) in [5.74, 6) is -0.665. The third kappa shape index (κ3) is 4.88. The quantitative estimate of drug-likeness (QED) is 0.566. The van der Waals surface area contributed by atoms with Gasteiger partial charge in [0.2, 0.25) is 5.91 Å². The molecule has 1 aromatic rings. The number of methoxy groups -OCH3 is 1. The lowest BCUT2D eigenvalue weighted by atomic mass is 9.82. The van der Waals surface area contributed by atoms with E-state index in [-0.39, 0.29) is 19.0 Å². The van der Waals surface area contributed by atoms with Crippen molar-refractivity contribution in [3.63, 3.8) is 0 Å². The molecule has 1 spiro atoms. The number of hydrogen-bond donors (Lipinski definition) is 3. The van der Waals surface area contributed by atoms with Crippen molar-refractivity contribution in [1.82, 2.24) is 20.7 Å². The van der Waals surface area contributed by atoms with Crippen molar-refractivity contribution >= 4 is 29.4 Å². The molecule has 2 aliphatic rings. The molecule has 1 saturated heterocycles. The highest BCUT2D eigenvalue weighted by Crippen LogP contribution is 2.32. The second kappa shape index (κ2) is 9.12. The van der Waals surface area contributed by atoms with Gasteiger partial charge in [-0.05, 0) is 32.0 Å². The van der Waals surface area contributed by atoms with E-state index in [9.17, 15) is 19.2 Å². The molecular weight excluding hydrogens is 390 g/mol. The minimum absolute atomic E-state index is 0.0469. The van der Waals surface area contributed by atoms with E-state index >= 15 is 0 Å². The topological polar surface area (TPSA) is 120 Å². The molecule has 3 N–H and O–H groups in total. The molecule has 0 aromatic heterocycles. The second-order valence-corrected chi connectivity index (χ2v) is 7.70. The molecule has 0 unspecified atom stereocenters. The Morgan fingerprint density at radius 2 is 1.87 bits per heavy atom. The van der Waals surface area contributed by atoms with Crippen molar-refractivity contribution in [2.45, 2.75) is 37.6 Å². The summed E-state index contributed by atoms with van der Waals surface area (Å²) in [5.41, 5.74) is 2.04. The molecule has 10 heteroatoms. The number of hydrogen-bond acceptors (Lipinski definition) is 6. The molecule has 0 bridgehead atoms. The number of carbonyl (C=O) groups is 4. The van der Waals surface area contributed by atoms with Crippen LogP contribution in [0.25, 0.3) is 0 Å². The molecule has 10 nitrogen and oxygen atoms in total. The molecular formula is C20H27N5O5. The number of hydrazine groups is 1. The minimum Gasteiger partial charge on any atom is -0.497 e. The van der Waals surface area contributed by atoms with Gasteiger partial charge in [-0.15, -0.1) is 0 Å². The molecule has 0 atom stereocenters. The Hall–Kier alpha value is -3.14. The normalized spacial score (nSPS) is 17.8. The van der Waals surface area contributed by atoms with Crippen LogP contribution in [0.2, 0.25) is 0 Å². The fourth-order valence-corrected chi connectivity index (χ4v) is 3.82. The smallest absolute Gasteiger partial charge is 0.344 e. The van der Waals surface area contributed by atoms with E-state index in [0.29, 0.717) is 24.3 Å². The first-order chi connectivity index (χ1) is 14.3. The third-order valence-electron chi connectivity index (χ3n) is 5.29. The highest BCUT2D eigenvalue weighted by molar-refractivity contribution is 6.08. The van der Waals surface area contributed by atoms with Crippen LogP contribution in [-0.2, 0) is 14.4 Å². The van der Waals surface area contributed by atoms with E-state index in [4.69, 9.17) is 4.74 Å². The van der Waals surface area contributed by atoms with Gasteiger partial charge in [-0.25, -0.2) is 4.79 Å². The van der Waals surface area contributed by atoms with E-state index in [1.165, 1.54) is 12.0 Å². The lowest BCUT2D eigenvalue weighted by molar-refractivity contribution is -0.140. The van der Waals surface area contributed by atoms with Crippen molar-refractivity contribution in [3.05, 3.63) is 24.3 Å². The first-order valence-corrected chi connectivity index (χ1v) is 9.91. The average Bonchev–Trinajstić information content (AvgIpc) is 2.92. The summed E-state index contributed by atoms with van der Waals surface area (Å²) >= 11 is 0. The lowest BCUT2D eigenvalue weighted by Crippen LogP contribution is -2.52. The summed E-state index contributed by atoms with van der Waals surface area (Å²) in [6.07, 6.45) is 3.90. The van der Waals surface area contributed by atoms with Crippen LogP contribution in [0.5, 0.6) is 5.75 Å². The molecule has 1 aromatic carbocycles. The Labute approximate surface area is 174 Å². The van der Waals surface area contributed by atoms with Crippen LogP contribution < -0.4 is 20.8 Å². The lowest BCUT2D eigenvalue weighted by Gasteiger charge is -2.30. The molecule has 1 heterocycles. The van der Waals surface area contributed by atoms with Gasteiger partial charge in [0, 0.05) is 11.8 Å². The Bertz CT molecular complexity index is 837. The molecule has 1 aliphatic heterocycles. The van der Waals surface area contributed by atoms with Gasteiger partial charge in [0.05, 0.1) is 20.2 Å². The highest BCUT2D eigenvalue weighted by Gasteiger charge is 2.52. The number of anilines is 1. The number of nitrogens with zero attached hydrogens (tertiary/aromatic N) is 2. The average molecular weight is 417 g/mol. The predicted octanol–water partition coefficient (Wildman–Crippen LogP) is 0.851. The Kier molecular flexibility index (Phi) is 6.56. The summed E-state index contributed by atoms with van der Waals surface area (Å²) < 4.78 is 5.11. The summed E-state index contributed by atoms with van der Waals surface area (Å²) in [4.78, 5) is 50.9. The van der Waals surface area contributed by atoms with Gasteiger partial charge < -0.3 is 15.4 Å². The van der Waals surface area contributed by atoms with Gasteiger partial charge in [-0.3, -0.25) is 24.7 Å². The summed E-state index contributed by atoms with van der Waals surface area (Å²) in [6, 6.07) is 6.31. The van der Waals surface area contributed by atoms with E-state index in [0.717, 1.165) is 24.3 Å². The largest absolute Gasteiger partial charge is 0.497 e. The number of likely N-dealkylation sites (N-methyl/N-ethyl adjacent to an activating group) is 1. The van der Waals surface area contributed by atoms with Crippen LogP contribution in [-0.4, -0.2) is 66.4 Å². The van der Waals surface area contributed by atoms with Crippen molar-refractivity contribution in [3.8, 4) is 5.75 Å². The third-order valence-corrected chi connectivity index (χ3v) is 5.29. The Balaban J connectivity index is 1.49. The second-order valence-electron chi connectivity index (χ2n) is 7.70. The Morgan fingerprint density at radius 1 is 1.17 bits per heavy atom. The van der Waals surface area contributed by atoms with Crippen molar-refractivity contribution in [2.75, 3.05) is 32.6 Å². The number of imide groups is 1. The zero-order valence-corrected chi connectivity index (χ0v) is 17.2. The molecule has 1 saturated carbocycles. The van der Waals surface area contributed by atoms with Crippen LogP contribution in [0.3, 0.4) is 0 Å². The fourth-order valence-electron chi connectivity index (χ4n) is 3.82. The molecule has 5 amide bonds.